The van der Waals surface area contributed by atoms with E-state index < -0.39 is 5.82 Å². The molecule has 0 saturated carbocycles. The zero-order valence-electron chi connectivity index (χ0n) is 10.4. The van der Waals surface area contributed by atoms with Crippen LogP contribution in [0.3, 0.4) is 0 Å². The molecule has 0 unspecified atom stereocenters. The molecular formula is C16H12FNO. The summed E-state index contributed by atoms with van der Waals surface area (Å²) in [4.78, 5) is 0. The van der Waals surface area contributed by atoms with Crippen LogP contribution in [-0.4, -0.2) is 13.0 Å². The molecule has 3 heteroatoms. The second-order valence-electron chi connectivity index (χ2n) is 3.81. The van der Waals surface area contributed by atoms with Gasteiger partial charge >= 0.3 is 0 Å². The maximum Gasteiger partial charge on any atom is 0.217 e. The van der Waals surface area contributed by atoms with E-state index >= 15 is 0 Å². The standard InChI is InChI=1S/C16H12FNO/c1-19-16(18)15-13(8-5-9-14(15)17)11-10-12-6-3-2-4-7-12/h2-9,18H,1H3. The summed E-state index contributed by atoms with van der Waals surface area (Å²) in [6.07, 6.45) is 0. The van der Waals surface area contributed by atoms with Gasteiger partial charge in [0, 0.05) is 11.1 Å². The molecule has 0 fully saturated rings. The Bertz CT molecular complexity index is 653. The van der Waals surface area contributed by atoms with Crippen LogP contribution >= 0.6 is 0 Å². The molecule has 0 bridgehead atoms. The number of nitrogens with one attached hydrogen (secondary N) is 1. The van der Waals surface area contributed by atoms with Crippen molar-refractivity contribution in [2.75, 3.05) is 7.11 Å². The van der Waals surface area contributed by atoms with Crippen molar-refractivity contribution in [2.45, 2.75) is 0 Å². The molecule has 1 N–H and O–H groups in total. The fourth-order valence-corrected chi connectivity index (χ4v) is 1.62. The quantitative estimate of drug-likeness (QED) is 0.472. The van der Waals surface area contributed by atoms with Crippen molar-refractivity contribution in [2.24, 2.45) is 0 Å². The van der Waals surface area contributed by atoms with E-state index in [9.17, 15) is 4.39 Å². The Balaban J connectivity index is 2.44. The first-order valence-corrected chi connectivity index (χ1v) is 5.71. The molecule has 0 aliphatic carbocycles. The highest BCUT2D eigenvalue weighted by Crippen LogP contribution is 2.14. The van der Waals surface area contributed by atoms with Gasteiger partial charge in [-0.25, -0.2) is 4.39 Å². The average molecular weight is 253 g/mol. The molecule has 0 saturated heterocycles. The Labute approximate surface area is 111 Å². The number of hydrogen-bond donors (Lipinski definition) is 1. The smallest absolute Gasteiger partial charge is 0.217 e. The molecular weight excluding hydrogens is 241 g/mol. The summed E-state index contributed by atoms with van der Waals surface area (Å²) in [6, 6.07) is 13.9. The first-order chi connectivity index (χ1) is 9.22. The molecule has 94 valence electrons. The van der Waals surface area contributed by atoms with Crippen molar-refractivity contribution in [1.29, 1.82) is 5.41 Å². The van der Waals surface area contributed by atoms with E-state index in [1.807, 2.05) is 30.3 Å². The van der Waals surface area contributed by atoms with Gasteiger partial charge in [-0.3, -0.25) is 5.41 Å². The zero-order valence-corrected chi connectivity index (χ0v) is 10.4. The number of halogens is 1. The molecule has 0 aromatic heterocycles. The van der Waals surface area contributed by atoms with E-state index in [1.165, 1.54) is 13.2 Å². The van der Waals surface area contributed by atoms with Crippen molar-refractivity contribution in [1.82, 2.24) is 0 Å². The summed E-state index contributed by atoms with van der Waals surface area (Å²) in [7, 11) is 1.34. The Morgan fingerprint density at radius 1 is 1.05 bits per heavy atom. The highest BCUT2D eigenvalue weighted by Gasteiger charge is 2.12. The van der Waals surface area contributed by atoms with E-state index in [-0.39, 0.29) is 11.5 Å². The van der Waals surface area contributed by atoms with Gasteiger partial charge in [0.1, 0.15) is 5.82 Å². The summed E-state index contributed by atoms with van der Waals surface area (Å²) in [5.74, 6) is 5.08. The number of hydrogen-bond acceptors (Lipinski definition) is 2. The SMILES string of the molecule is COC(=N)c1c(F)cccc1C#Cc1ccccc1. The van der Waals surface area contributed by atoms with Crippen LogP contribution in [0, 0.1) is 23.1 Å². The third kappa shape index (κ3) is 2.99. The number of methoxy groups -OCH3 is 1. The van der Waals surface area contributed by atoms with Gasteiger partial charge in [-0.05, 0) is 24.3 Å². The lowest BCUT2D eigenvalue weighted by Crippen LogP contribution is -2.07. The van der Waals surface area contributed by atoms with Gasteiger partial charge in [-0.1, -0.05) is 36.1 Å². The van der Waals surface area contributed by atoms with Gasteiger partial charge < -0.3 is 4.74 Å². The van der Waals surface area contributed by atoms with E-state index in [0.29, 0.717) is 5.56 Å². The largest absolute Gasteiger partial charge is 0.481 e. The van der Waals surface area contributed by atoms with Crippen molar-refractivity contribution in [3.8, 4) is 11.8 Å². The van der Waals surface area contributed by atoms with Gasteiger partial charge in [0.25, 0.3) is 0 Å². The maximum atomic E-state index is 13.7. The summed E-state index contributed by atoms with van der Waals surface area (Å²) in [5, 5.41) is 7.61. The van der Waals surface area contributed by atoms with Crippen LogP contribution in [0.2, 0.25) is 0 Å². The van der Waals surface area contributed by atoms with Gasteiger partial charge in [0.2, 0.25) is 5.90 Å². The summed E-state index contributed by atoms with van der Waals surface area (Å²) < 4.78 is 18.5. The molecule has 0 aliphatic heterocycles. The number of benzene rings is 2. The highest BCUT2D eigenvalue weighted by molar-refractivity contribution is 5.94. The molecule has 0 atom stereocenters. The Kier molecular flexibility index (Phi) is 3.94. The minimum absolute atomic E-state index is 0.0911. The number of ether oxygens (including phenoxy) is 1. The first-order valence-electron chi connectivity index (χ1n) is 5.71. The van der Waals surface area contributed by atoms with Crippen LogP contribution in [0.1, 0.15) is 16.7 Å². The van der Waals surface area contributed by atoms with Crippen LogP contribution in [0.25, 0.3) is 0 Å². The predicted octanol–water partition coefficient (Wildman–Crippen LogP) is 3.20. The summed E-state index contributed by atoms with van der Waals surface area (Å²) >= 11 is 0. The molecule has 0 spiro atoms. The lowest BCUT2D eigenvalue weighted by atomic mass is 10.1. The molecule has 2 aromatic carbocycles. The Morgan fingerprint density at radius 2 is 1.79 bits per heavy atom. The third-order valence-electron chi connectivity index (χ3n) is 2.56. The zero-order chi connectivity index (χ0) is 13.7. The fourth-order valence-electron chi connectivity index (χ4n) is 1.62. The van der Waals surface area contributed by atoms with E-state index in [0.717, 1.165) is 5.56 Å². The van der Waals surface area contributed by atoms with Gasteiger partial charge in [-0.15, -0.1) is 0 Å². The molecule has 2 aromatic rings. The lowest BCUT2D eigenvalue weighted by molar-refractivity contribution is 0.398. The lowest BCUT2D eigenvalue weighted by Gasteiger charge is -2.06. The van der Waals surface area contributed by atoms with Crippen LogP contribution in [-0.2, 0) is 4.74 Å². The molecule has 2 rings (SSSR count). The fraction of sp³-hybridized carbons (Fsp3) is 0.0625. The average Bonchev–Trinajstić information content (AvgIpc) is 2.45. The van der Waals surface area contributed by atoms with Crippen molar-refractivity contribution in [3.63, 3.8) is 0 Å². The third-order valence-corrected chi connectivity index (χ3v) is 2.56. The second kappa shape index (κ2) is 5.83. The van der Waals surface area contributed by atoms with Crippen molar-refractivity contribution in [3.05, 3.63) is 71.0 Å². The molecule has 19 heavy (non-hydrogen) atoms. The number of rotatable bonds is 1. The monoisotopic (exact) mass is 253 g/mol. The topological polar surface area (TPSA) is 33.1 Å². The Morgan fingerprint density at radius 3 is 2.47 bits per heavy atom. The van der Waals surface area contributed by atoms with E-state index in [1.54, 1.807) is 12.1 Å². The van der Waals surface area contributed by atoms with Crippen LogP contribution in [0.4, 0.5) is 4.39 Å². The van der Waals surface area contributed by atoms with Gasteiger partial charge in [0.05, 0.1) is 12.7 Å². The maximum absolute atomic E-state index is 13.7. The van der Waals surface area contributed by atoms with Crippen molar-refractivity contribution >= 4 is 5.90 Å². The van der Waals surface area contributed by atoms with Gasteiger partial charge in [0.15, 0.2) is 0 Å². The second-order valence-corrected chi connectivity index (χ2v) is 3.81. The minimum atomic E-state index is -0.508. The van der Waals surface area contributed by atoms with Crippen LogP contribution < -0.4 is 0 Å². The molecule has 2 nitrogen and oxygen atoms in total. The van der Waals surface area contributed by atoms with E-state index in [2.05, 4.69) is 11.8 Å². The molecule has 0 heterocycles. The molecule has 0 amide bonds. The minimum Gasteiger partial charge on any atom is -0.481 e. The normalized spacial score (nSPS) is 9.37. The molecule has 0 aliphatic rings. The predicted molar refractivity (Wildman–Crippen MR) is 72.7 cm³/mol. The van der Waals surface area contributed by atoms with Crippen LogP contribution in [0.15, 0.2) is 48.5 Å². The highest BCUT2D eigenvalue weighted by atomic mass is 19.1. The van der Waals surface area contributed by atoms with Crippen LogP contribution in [0.5, 0.6) is 0 Å². The van der Waals surface area contributed by atoms with Gasteiger partial charge in [-0.2, -0.15) is 0 Å². The summed E-state index contributed by atoms with van der Waals surface area (Å²) in [6.45, 7) is 0. The summed E-state index contributed by atoms with van der Waals surface area (Å²) in [5.41, 5.74) is 1.37. The Hall–Kier alpha value is -2.60. The van der Waals surface area contributed by atoms with Crippen molar-refractivity contribution < 1.29 is 9.13 Å². The van der Waals surface area contributed by atoms with E-state index in [4.69, 9.17) is 10.1 Å². The molecule has 0 radical (unpaired) electrons. The first kappa shape index (κ1) is 12.8.